The molecule has 0 aliphatic rings. The van der Waals surface area contributed by atoms with Crippen molar-refractivity contribution in [3.8, 4) is 17.2 Å². The third-order valence-corrected chi connectivity index (χ3v) is 5.01. The first-order valence-corrected chi connectivity index (χ1v) is 9.78. The first kappa shape index (κ1) is 18.0. The van der Waals surface area contributed by atoms with Gasteiger partial charge in [0.25, 0.3) is 0 Å². The minimum absolute atomic E-state index is 0.0406. The minimum atomic E-state index is 0.0406. The van der Waals surface area contributed by atoms with E-state index in [2.05, 4.69) is 10.1 Å². The molecule has 0 atom stereocenters. The number of aromatic amines is 1. The Bertz CT molecular complexity index is 1050. The van der Waals surface area contributed by atoms with E-state index in [1.54, 1.807) is 18.5 Å². The molecule has 0 radical (unpaired) electrons. The topological polar surface area (TPSA) is 58.9 Å². The maximum absolute atomic E-state index is 12.5. The molecule has 0 aliphatic heterocycles. The second kappa shape index (κ2) is 8.54. The number of para-hydroxylation sites is 2. The number of nitrogens with zero attached hydrogens (tertiary/aromatic N) is 2. The lowest BCUT2D eigenvalue weighted by Gasteiger charge is -2.06. The molecular weight excluding hydrogens is 370 g/mol. The summed E-state index contributed by atoms with van der Waals surface area (Å²) < 4.78 is 7.62. The number of hydrogen-bond acceptors (Lipinski definition) is 4. The summed E-state index contributed by atoms with van der Waals surface area (Å²) in [6, 6.07) is 26.6. The van der Waals surface area contributed by atoms with Crippen LogP contribution in [0.1, 0.15) is 10.4 Å². The molecule has 0 bridgehead atoms. The molecule has 1 N–H and O–H groups in total. The Balaban J connectivity index is 1.39. The van der Waals surface area contributed by atoms with Crippen LogP contribution in [-0.4, -0.2) is 21.6 Å². The fourth-order valence-electron chi connectivity index (χ4n) is 2.67. The molecule has 0 saturated heterocycles. The van der Waals surface area contributed by atoms with Crippen molar-refractivity contribution in [2.45, 2.75) is 5.16 Å². The molecular formula is C22H18N3O2S+. The zero-order valence-electron chi connectivity index (χ0n) is 15.0. The monoisotopic (exact) mass is 388 g/mol. The lowest BCUT2D eigenvalue weighted by molar-refractivity contribution is -0.694. The molecule has 4 rings (SSSR count). The first-order chi connectivity index (χ1) is 13.8. The van der Waals surface area contributed by atoms with Crippen LogP contribution in [0.25, 0.3) is 5.69 Å². The number of rotatable bonds is 7. The third kappa shape index (κ3) is 4.29. The molecule has 0 saturated carbocycles. The average molecular weight is 388 g/mol. The van der Waals surface area contributed by atoms with Crippen molar-refractivity contribution in [3.63, 3.8) is 0 Å². The maximum Gasteiger partial charge on any atom is 0.385 e. The van der Waals surface area contributed by atoms with Crippen LogP contribution in [0, 0.1) is 0 Å². The Labute approximate surface area is 167 Å². The van der Waals surface area contributed by atoms with Gasteiger partial charge in [-0.15, -0.1) is 4.68 Å². The van der Waals surface area contributed by atoms with Crippen LogP contribution in [0.5, 0.6) is 11.5 Å². The number of ketones is 1. The number of ether oxygens (including phenoxy) is 1. The Morgan fingerprint density at radius 1 is 0.893 bits per heavy atom. The van der Waals surface area contributed by atoms with Gasteiger partial charge in [-0.2, -0.15) is 5.10 Å². The van der Waals surface area contributed by atoms with Gasteiger partial charge in [-0.05, 0) is 65.3 Å². The summed E-state index contributed by atoms with van der Waals surface area (Å²) in [5.41, 5.74) is 1.62. The van der Waals surface area contributed by atoms with Gasteiger partial charge >= 0.3 is 5.16 Å². The van der Waals surface area contributed by atoms with Gasteiger partial charge in [-0.1, -0.05) is 36.4 Å². The molecule has 4 aromatic rings. The molecule has 6 heteroatoms. The van der Waals surface area contributed by atoms with Crippen LogP contribution < -0.4 is 9.42 Å². The van der Waals surface area contributed by atoms with Gasteiger partial charge in [-0.25, -0.2) is 0 Å². The highest BCUT2D eigenvalue weighted by molar-refractivity contribution is 7.99. The number of Topliss-reactive ketones (excluding diaryl/α,β-unsaturated/α-hetero) is 1. The van der Waals surface area contributed by atoms with Crippen molar-refractivity contribution in [2.24, 2.45) is 0 Å². The fraction of sp³-hybridized carbons (Fsp3) is 0.0455. The van der Waals surface area contributed by atoms with Crippen LogP contribution >= 0.6 is 11.8 Å². The quantitative estimate of drug-likeness (QED) is 0.289. The van der Waals surface area contributed by atoms with E-state index < -0.39 is 0 Å². The van der Waals surface area contributed by atoms with E-state index >= 15 is 0 Å². The maximum atomic E-state index is 12.5. The van der Waals surface area contributed by atoms with Crippen LogP contribution in [0.4, 0.5) is 0 Å². The molecule has 0 unspecified atom stereocenters. The largest absolute Gasteiger partial charge is 0.457 e. The van der Waals surface area contributed by atoms with Crippen molar-refractivity contribution in [3.05, 3.63) is 96.8 Å². The number of aromatic nitrogens is 3. The van der Waals surface area contributed by atoms with Gasteiger partial charge in [0.15, 0.2) is 11.5 Å². The summed E-state index contributed by atoms with van der Waals surface area (Å²) in [5, 5.41) is 3.81. The molecule has 0 fully saturated rings. The van der Waals surface area contributed by atoms with Crippen molar-refractivity contribution in [2.75, 3.05) is 5.75 Å². The smallest absolute Gasteiger partial charge is 0.385 e. The Kier molecular flexibility index (Phi) is 5.49. The lowest BCUT2D eigenvalue weighted by atomic mass is 10.1. The summed E-state index contributed by atoms with van der Waals surface area (Å²) in [4.78, 5) is 16.9. The summed E-state index contributed by atoms with van der Waals surface area (Å²) in [6.45, 7) is 0. The highest BCUT2D eigenvalue weighted by Crippen LogP contribution is 2.22. The number of carbonyl (C=O) groups is 1. The zero-order chi connectivity index (χ0) is 19.2. The Morgan fingerprint density at radius 3 is 2.25 bits per heavy atom. The zero-order valence-corrected chi connectivity index (χ0v) is 15.8. The van der Waals surface area contributed by atoms with E-state index in [1.165, 1.54) is 11.8 Å². The number of thioether (sulfide) groups is 1. The van der Waals surface area contributed by atoms with E-state index in [0.29, 0.717) is 17.1 Å². The van der Waals surface area contributed by atoms with Crippen molar-refractivity contribution >= 4 is 17.5 Å². The van der Waals surface area contributed by atoms with E-state index in [4.69, 9.17) is 4.74 Å². The summed E-state index contributed by atoms with van der Waals surface area (Å²) in [6.07, 6.45) is 1.62. The molecule has 28 heavy (non-hydrogen) atoms. The SMILES string of the molecule is O=C(CSc1nc[nH][n+]1-c1ccccc1)c1ccc(Oc2ccccc2)cc1. The van der Waals surface area contributed by atoms with Crippen LogP contribution in [-0.2, 0) is 0 Å². The Hall–Kier alpha value is -3.38. The van der Waals surface area contributed by atoms with Crippen molar-refractivity contribution in [1.29, 1.82) is 0 Å². The lowest BCUT2D eigenvalue weighted by Crippen LogP contribution is -2.34. The van der Waals surface area contributed by atoms with Crippen molar-refractivity contribution < 1.29 is 14.2 Å². The average Bonchev–Trinajstić information content (AvgIpc) is 3.23. The van der Waals surface area contributed by atoms with Gasteiger partial charge in [0.1, 0.15) is 11.5 Å². The van der Waals surface area contributed by atoms with E-state index in [1.807, 2.05) is 77.5 Å². The summed E-state index contributed by atoms with van der Waals surface area (Å²) in [7, 11) is 0. The van der Waals surface area contributed by atoms with Gasteiger partial charge in [0.2, 0.25) is 6.33 Å². The van der Waals surface area contributed by atoms with Gasteiger partial charge < -0.3 is 4.74 Å². The molecule has 0 spiro atoms. The summed E-state index contributed by atoms with van der Waals surface area (Å²) in [5.74, 6) is 1.81. The van der Waals surface area contributed by atoms with Gasteiger partial charge in [0, 0.05) is 5.56 Å². The summed E-state index contributed by atoms with van der Waals surface area (Å²) >= 11 is 1.40. The van der Waals surface area contributed by atoms with E-state index in [9.17, 15) is 4.79 Å². The molecule has 138 valence electrons. The molecule has 1 aromatic heterocycles. The number of benzene rings is 3. The molecule has 5 nitrogen and oxygen atoms in total. The van der Waals surface area contributed by atoms with E-state index in [0.717, 1.165) is 16.6 Å². The number of nitrogens with one attached hydrogen (secondary N) is 1. The highest BCUT2D eigenvalue weighted by atomic mass is 32.2. The molecule has 0 aliphatic carbocycles. The molecule has 1 heterocycles. The standard InChI is InChI=1S/C22H17N3O2S/c26-21(15-28-22-23-16-24-25(22)18-7-3-1-4-8-18)17-11-13-20(14-12-17)27-19-9-5-2-6-10-19/h1-14,16H,15H2/p+1. The number of H-pyrrole nitrogens is 1. The highest BCUT2D eigenvalue weighted by Gasteiger charge is 2.19. The van der Waals surface area contributed by atoms with Crippen LogP contribution in [0.3, 0.4) is 0 Å². The van der Waals surface area contributed by atoms with Gasteiger partial charge in [-0.3, -0.25) is 4.79 Å². The minimum Gasteiger partial charge on any atom is -0.457 e. The van der Waals surface area contributed by atoms with Crippen LogP contribution in [0.2, 0.25) is 0 Å². The Morgan fingerprint density at radius 2 is 1.54 bits per heavy atom. The third-order valence-electron chi connectivity index (χ3n) is 4.06. The predicted octanol–water partition coefficient (Wildman–Crippen LogP) is 4.45. The fourth-order valence-corrected chi connectivity index (χ4v) is 3.51. The first-order valence-electron chi connectivity index (χ1n) is 8.79. The van der Waals surface area contributed by atoms with Crippen LogP contribution in [0.15, 0.2) is 96.4 Å². The van der Waals surface area contributed by atoms with E-state index in [-0.39, 0.29) is 5.78 Å². The second-order valence-electron chi connectivity index (χ2n) is 5.99. The van der Waals surface area contributed by atoms with Crippen molar-refractivity contribution in [1.82, 2.24) is 10.1 Å². The normalized spacial score (nSPS) is 10.6. The van der Waals surface area contributed by atoms with Gasteiger partial charge in [0.05, 0.1) is 5.75 Å². The predicted molar refractivity (Wildman–Crippen MR) is 108 cm³/mol. The molecule has 0 amide bonds. The number of carbonyl (C=O) groups excluding carboxylic acids is 1. The molecule has 3 aromatic carbocycles. The number of hydrogen-bond donors (Lipinski definition) is 1. The second-order valence-corrected chi connectivity index (χ2v) is 6.93.